The van der Waals surface area contributed by atoms with Crippen molar-refractivity contribution in [1.29, 1.82) is 0 Å². The molecule has 7 heteroatoms. The van der Waals surface area contributed by atoms with Crippen LogP contribution in [0.1, 0.15) is 36.3 Å². The molecule has 0 spiro atoms. The van der Waals surface area contributed by atoms with Crippen LogP contribution in [0.2, 0.25) is 0 Å². The molecule has 2 aromatic rings. The number of carbonyl (C=O) groups excluding carboxylic acids is 1. The van der Waals surface area contributed by atoms with E-state index in [4.69, 9.17) is 0 Å². The fraction of sp³-hybridized carbons (Fsp3) is 0.353. The van der Waals surface area contributed by atoms with Crippen molar-refractivity contribution in [3.8, 4) is 5.69 Å². The summed E-state index contributed by atoms with van der Waals surface area (Å²) in [4.78, 5) is 23.7. The van der Waals surface area contributed by atoms with E-state index in [0.29, 0.717) is 17.7 Å². The zero-order chi connectivity index (χ0) is 17.9. The lowest BCUT2D eigenvalue weighted by molar-refractivity contribution is -0.139. The first-order valence-corrected chi connectivity index (χ1v) is 8.43. The molecule has 0 saturated carbocycles. The molecule has 2 rings (SSSR count). The zero-order valence-corrected chi connectivity index (χ0v) is 15.4. The summed E-state index contributed by atoms with van der Waals surface area (Å²) in [5.41, 5.74) is 1.73. The number of hydrogen-bond acceptors (Lipinski definition) is 3. The molecule has 0 unspecified atom stereocenters. The predicted molar refractivity (Wildman–Crippen MR) is 94.3 cm³/mol. The summed E-state index contributed by atoms with van der Waals surface area (Å²) in [5.74, 6) is -1.29. The van der Waals surface area contributed by atoms with E-state index in [1.54, 1.807) is 17.8 Å². The van der Waals surface area contributed by atoms with Gasteiger partial charge in [-0.2, -0.15) is 5.10 Å². The monoisotopic (exact) mass is 393 g/mol. The van der Waals surface area contributed by atoms with E-state index in [1.165, 1.54) is 0 Å². The molecule has 128 valence electrons. The van der Waals surface area contributed by atoms with Gasteiger partial charge in [-0.05, 0) is 43.5 Å². The maximum absolute atomic E-state index is 12.4. The molecule has 0 fully saturated rings. The molecule has 0 aliphatic heterocycles. The average Bonchev–Trinajstić information content (AvgIpc) is 2.88. The molecule has 0 aliphatic carbocycles. The third-order valence-electron chi connectivity index (χ3n) is 3.55. The minimum Gasteiger partial charge on any atom is -0.480 e. The van der Waals surface area contributed by atoms with Gasteiger partial charge < -0.3 is 10.4 Å². The maximum atomic E-state index is 12.4. The maximum Gasteiger partial charge on any atom is 0.326 e. The summed E-state index contributed by atoms with van der Waals surface area (Å²) in [5, 5.41) is 16.2. The van der Waals surface area contributed by atoms with Crippen molar-refractivity contribution in [2.24, 2.45) is 5.92 Å². The molecular weight excluding hydrogens is 374 g/mol. The van der Waals surface area contributed by atoms with Gasteiger partial charge in [0.25, 0.3) is 5.91 Å². The van der Waals surface area contributed by atoms with E-state index in [2.05, 4.69) is 26.3 Å². The molecule has 1 atom stereocenters. The largest absolute Gasteiger partial charge is 0.480 e. The number of benzene rings is 1. The number of aromatic nitrogens is 2. The second kappa shape index (κ2) is 7.61. The van der Waals surface area contributed by atoms with Gasteiger partial charge >= 0.3 is 5.97 Å². The number of aryl methyl sites for hydroxylation is 1. The standard InChI is InChI=1S/C17H20BrN3O3/c1-10(2)8-15(17(23)24)19-16(22)14-9-21(20-11(14)3)13-6-4-12(18)5-7-13/h4-7,9-10,15H,8H2,1-3H3,(H,19,22)(H,23,24)/t15-/m0/s1. The number of hydrogen-bond donors (Lipinski definition) is 2. The number of amides is 1. The van der Waals surface area contributed by atoms with Gasteiger partial charge in [0.05, 0.1) is 16.9 Å². The Morgan fingerprint density at radius 3 is 2.46 bits per heavy atom. The highest BCUT2D eigenvalue weighted by atomic mass is 79.9. The van der Waals surface area contributed by atoms with E-state index in [0.717, 1.165) is 10.2 Å². The van der Waals surface area contributed by atoms with Gasteiger partial charge in [-0.15, -0.1) is 0 Å². The highest BCUT2D eigenvalue weighted by Crippen LogP contribution is 2.16. The molecule has 24 heavy (non-hydrogen) atoms. The van der Waals surface area contributed by atoms with Gasteiger partial charge in [0.2, 0.25) is 0 Å². The van der Waals surface area contributed by atoms with Crippen LogP contribution in [0.25, 0.3) is 5.69 Å². The first-order chi connectivity index (χ1) is 11.3. The Morgan fingerprint density at radius 1 is 1.29 bits per heavy atom. The van der Waals surface area contributed by atoms with Gasteiger partial charge in [-0.25, -0.2) is 9.48 Å². The molecule has 1 aromatic carbocycles. The molecule has 6 nitrogen and oxygen atoms in total. The number of halogens is 1. The van der Waals surface area contributed by atoms with Crippen molar-refractivity contribution in [2.75, 3.05) is 0 Å². The molecule has 1 amide bonds. The van der Waals surface area contributed by atoms with E-state index < -0.39 is 17.9 Å². The lowest BCUT2D eigenvalue weighted by atomic mass is 10.0. The van der Waals surface area contributed by atoms with Crippen LogP contribution in [-0.4, -0.2) is 32.8 Å². The highest BCUT2D eigenvalue weighted by Gasteiger charge is 2.23. The van der Waals surface area contributed by atoms with Crippen molar-refractivity contribution in [1.82, 2.24) is 15.1 Å². The van der Waals surface area contributed by atoms with Crippen LogP contribution in [0.4, 0.5) is 0 Å². The van der Waals surface area contributed by atoms with Crippen molar-refractivity contribution in [3.63, 3.8) is 0 Å². The molecular formula is C17H20BrN3O3. The number of nitrogens with one attached hydrogen (secondary N) is 1. The number of nitrogens with zero attached hydrogens (tertiary/aromatic N) is 2. The Kier molecular flexibility index (Phi) is 5.77. The zero-order valence-electron chi connectivity index (χ0n) is 13.8. The molecule has 0 aliphatic rings. The fourth-order valence-corrected chi connectivity index (χ4v) is 2.60. The average molecular weight is 394 g/mol. The SMILES string of the molecule is Cc1nn(-c2ccc(Br)cc2)cc1C(=O)N[C@@H](CC(C)C)C(=O)O. The van der Waals surface area contributed by atoms with Crippen molar-refractivity contribution in [3.05, 3.63) is 46.2 Å². The number of carboxylic acid groups (broad SMARTS) is 1. The summed E-state index contributed by atoms with van der Waals surface area (Å²) in [6.45, 7) is 5.56. The van der Waals surface area contributed by atoms with Gasteiger partial charge in [0.15, 0.2) is 0 Å². The van der Waals surface area contributed by atoms with Crippen molar-refractivity contribution in [2.45, 2.75) is 33.2 Å². The second-order valence-electron chi connectivity index (χ2n) is 6.04. The minimum absolute atomic E-state index is 0.165. The van der Waals surface area contributed by atoms with Crippen molar-refractivity contribution < 1.29 is 14.7 Å². The van der Waals surface area contributed by atoms with E-state index >= 15 is 0 Å². The van der Waals surface area contributed by atoms with Gasteiger partial charge in [0, 0.05) is 10.7 Å². The van der Waals surface area contributed by atoms with Crippen LogP contribution in [0.5, 0.6) is 0 Å². The van der Waals surface area contributed by atoms with Crippen LogP contribution < -0.4 is 5.32 Å². The third kappa shape index (κ3) is 4.44. The Hall–Kier alpha value is -2.15. The molecule has 0 radical (unpaired) electrons. The summed E-state index contributed by atoms with van der Waals surface area (Å²) in [6, 6.07) is 6.60. The lowest BCUT2D eigenvalue weighted by Gasteiger charge is -2.16. The van der Waals surface area contributed by atoms with Crippen LogP contribution >= 0.6 is 15.9 Å². The molecule has 0 bridgehead atoms. The van der Waals surface area contributed by atoms with Gasteiger partial charge in [-0.1, -0.05) is 29.8 Å². The first kappa shape index (κ1) is 18.2. The molecule has 1 heterocycles. The van der Waals surface area contributed by atoms with Gasteiger partial charge in [0.1, 0.15) is 6.04 Å². The van der Waals surface area contributed by atoms with E-state index in [9.17, 15) is 14.7 Å². The molecule has 0 saturated heterocycles. The topological polar surface area (TPSA) is 84.2 Å². The highest BCUT2D eigenvalue weighted by molar-refractivity contribution is 9.10. The fourth-order valence-electron chi connectivity index (χ4n) is 2.34. The molecule has 1 aromatic heterocycles. The summed E-state index contributed by atoms with van der Waals surface area (Å²) in [7, 11) is 0. The number of aliphatic carboxylic acids is 1. The summed E-state index contributed by atoms with van der Waals surface area (Å²) < 4.78 is 2.56. The van der Waals surface area contributed by atoms with Gasteiger partial charge in [-0.3, -0.25) is 4.79 Å². The number of carbonyl (C=O) groups is 2. The minimum atomic E-state index is -1.03. The van der Waals surface area contributed by atoms with E-state index in [1.807, 2.05) is 38.1 Å². The van der Waals surface area contributed by atoms with Crippen LogP contribution in [0.3, 0.4) is 0 Å². The number of carboxylic acids is 1. The first-order valence-electron chi connectivity index (χ1n) is 7.63. The smallest absolute Gasteiger partial charge is 0.326 e. The Bertz CT molecular complexity index is 738. The Balaban J connectivity index is 2.21. The summed E-state index contributed by atoms with van der Waals surface area (Å²) >= 11 is 3.37. The Morgan fingerprint density at radius 2 is 1.92 bits per heavy atom. The normalized spacial score (nSPS) is 12.2. The lowest BCUT2D eigenvalue weighted by Crippen LogP contribution is -2.41. The Labute approximate surface area is 149 Å². The second-order valence-corrected chi connectivity index (χ2v) is 6.96. The van der Waals surface area contributed by atoms with Crippen LogP contribution in [-0.2, 0) is 4.79 Å². The van der Waals surface area contributed by atoms with Crippen molar-refractivity contribution >= 4 is 27.8 Å². The van der Waals surface area contributed by atoms with Crippen LogP contribution in [0.15, 0.2) is 34.9 Å². The molecule has 2 N–H and O–H groups in total. The summed E-state index contributed by atoms with van der Waals surface area (Å²) in [6.07, 6.45) is 1.99. The van der Waals surface area contributed by atoms with E-state index in [-0.39, 0.29) is 5.92 Å². The number of rotatable bonds is 6. The quantitative estimate of drug-likeness (QED) is 0.788. The van der Waals surface area contributed by atoms with Crippen LogP contribution in [0, 0.1) is 12.8 Å². The predicted octanol–water partition coefficient (Wildman–Crippen LogP) is 3.17. The third-order valence-corrected chi connectivity index (χ3v) is 4.07.